The van der Waals surface area contributed by atoms with Gasteiger partial charge < -0.3 is 18.9 Å². The maximum absolute atomic E-state index is 12.3. The molecule has 2 aromatic rings. The number of ether oxygens (including phenoxy) is 4. The van der Waals surface area contributed by atoms with E-state index < -0.39 is 5.97 Å². The number of hydrogen-bond donors (Lipinski definition) is 0. The van der Waals surface area contributed by atoms with Crippen LogP contribution in [0.4, 0.5) is 0 Å². The van der Waals surface area contributed by atoms with Gasteiger partial charge in [-0.2, -0.15) is 0 Å². The molecule has 0 atom stereocenters. The van der Waals surface area contributed by atoms with Gasteiger partial charge in [-0.25, -0.2) is 4.79 Å². The van der Waals surface area contributed by atoms with E-state index in [1.54, 1.807) is 42.5 Å². The van der Waals surface area contributed by atoms with Gasteiger partial charge in [-0.05, 0) is 29.8 Å². The lowest BCUT2D eigenvalue weighted by Gasteiger charge is -2.12. The molecule has 0 aliphatic heterocycles. The Kier molecular flexibility index (Phi) is 5.78. The molecule has 24 heavy (non-hydrogen) atoms. The minimum atomic E-state index is -0.563. The number of rotatable bonds is 6. The molecular formula is C18H18O6. The Morgan fingerprint density at radius 1 is 0.917 bits per heavy atom. The molecule has 0 radical (unpaired) electrons. The highest BCUT2D eigenvalue weighted by atomic mass is 16.5. The van der Waals surface area contributed by atoms with Crippen LogP contribution in [0.5, 0.6) is 17.2 Å². The van der Waals surface area contributed by atoms with Crippen LogP contribution >= 0.6 is 0 Å². The first-order valence-corrected chi connectivity index (χ1v) is 7.18. The minimum absolute atomic E-state index is 0.161. The molecule has 2 rings (SSSR count). The van der Waals surface area contributed by atoms with Gasteiger partial charge in [0.2, 0.25) is 0 Å². The average Bonchev–Trinajstić information content (AvgIpc) is 2.62. The maximum Gasteiger partial charge on any atom is 0.347 e. The van der Waals surface area contributed by atoms with Gasteiger partial charge in [0.05, 0.1) is 27.8 Å². The molecular weight excluding hydrogens is 312 g/mol. The first-order valence-electron chi connectivity index (χ1n) is 7.18. The second kappa shape index (κ2) is 8.01. The molecule has 0 bridgehead atoms. The number of para-hydroxylation sites is 1. The second-order valence-corrected chi connectivity index (χ2v) is 4.83. The highest BCUT2D eigenvalue weighted by Crippen LogP contribution is 2.31. The fourth-order valence-corrected chi connectivity index (χ4v) is 2.12. The molecule has 0 saturated carbocycles. The highest BCUT2D eigenvalue weighted by Gasteiger charge is 2.18. The van der Waals surface area contributed by atoms with E-state index in [1.165, 1.54) is 21.3 Å². The predicted octanol–water partition coefficient (Wildman–Crippen LogP) is 2.64. The number of hydrogen-bond acceptors (Lipinski definition) is 6. The van der Waals surface area contributed by atoms with Crippen LogP contribution in [0.3, 0.4) is 0 Å². The normalized spacial score (nSPS) is 9.96. The summed E-state index contributed by atoms with van der Waals surface area (Å²) in [6, 6.07) is 11.6. The molecule has 0 aliphatic rings. The van der Waals surface area contributed by atoms with Gasteiger partial charge in [-0.15, -0.1) is 0 Å². The quantitative estimate of drug-likeness (QED) is 0.599. The van der Waals surface area contributed by atoms with Crippen molar-refractivity contribution in [3.05, 3.63) is 53.6 Å². The van der Waals surface area contributed by atoms with Crippen molar-refractivity contribution >= 4 is 11.9 Å². The SMILES string of the molecule is COC(=O)Cc1ccc(OC(=O)c2cccc(OC)c2OC)cc1. The Labute approximate surface area is 139 Å². The summed E-state index contributed by atoms with van der Waals surface area (Å²) in [5.74, 6) is 0.221. The third kappa shape index (κ3) is 4.04. The average molecular weight is 330 g/mol. The first kappa shape index (κ1) is 17.3. The summed E-state index contributed by atoms with van der Waals surface area (Å²) in [7, 11) is 4.28. The maximum atomic E-state index is 12.3. The lowest BCUT2D eigenvalue weighted by molar-refractivity contribution is -0.139. The zero-order valence-corrected chi connectivity index (χ0v) is 13.7. The van der Waals surface area contributed by atoms with E-state index in [4.69, 9.17) is 14.2 Å². The molecule has 0 N–H and O–H groups in total. The van der Waals surface area contributed by atoms with Crippen LogP contribution in [0, 0.1) is 0 Å². The van der Waals surface area contributed by atoms with Gasteiger partial charge in [-0.1, -0.05) is 18.2 Å². The molecule has 0 aromatic heterocycles. The molecule has 0 saturated heterocycles. The Balaban J connectivity index is 2.14. The molecule has 2 aromatic carbocycles. The summed E-state index contributed by atoms with van der Waals surface area (Å²) >= 11 is 0. The topological polar surface area (TPSA) is 71.1 Å². The molecule has 6 nitrogen and oxygen atoms in total. The Morgan fingerprint density at radius 3 is 2.21 bits per heavy atom. The first-order chi connectivity index (χ1) is 11.6. The summed E-state index contributed by atoms with van der Waals surface area (Å²) < 4.78 is 20.3. The molecule has 0 heterocycles. The van der Waals surface area contributed by atoms with Crippen molar-refractivity contribution in [2.75, 3.05) is 21.3 Å². The zero-order chi connectivity index (χ0) is 17.5. The standard InChI is InChI=1S/C18H18O6/c1-21-15-6-4-5-14(17(15)23-3)18(20)24-13-9-7-12(8-10-13)11-16(19)22-2/h4-10H,11H2,1-3H3. The number of methoxy groups -OCH3 is 3. The molecule has 0 amide bonds. The number of benzene rings is 2. The van der Waals surface area contributed by atoms with Crippen LogP contribution in [-0.4, -0.2) is 33.3 Å². The van der Waals surface area contributed by atoms with E-state index in [9.17, 15) is 9.59 Å². The van der Waals surface area contributed by atoms with Crippen LogP contribution in [-0.2, 0) is 16.0 Å². The van der Waals surface area contributed by atoms with Crippen molar-refractivity contribution in [2.45, 2.75) is 6.42 Å². The van der Waals surface area contributed by atoms with Crippen molar-refractivity contribution in [2.24, 2.45) is 0 Å². The fraction of sp³-hybridized carbons (Fsp3) is 0.222. The van der Waals surface area contributed by atoms with E-state index in [0.717, 1.165) is 5.56 Å². The second-order valence-electron chi connectivity index (χ2n) is 4.83. The summed E-state index contributed by atoms with van der Waals surface area (Å²) in [6.07, 6.45) is 0.161. The van der Waals surface area contributed by atoms with Gasteiger partial charge in [-0.3, -0.25) is 4.79 Å². The van der Waals surface area contributed by atoms with Crippen molar-refractivity contribution in [3.8, 4) is 17.2 Å². The lowest BCUT2D eigenvalue weighted by Crippen LogP contribution is -2.11. The smallest absolute Gasteiger partial charge is 0.347 e. The van der Waals surface area contributed by atoms with Crippen LogP contribution < -0.4 is 14.2 Å². The van der Waals surface area contributed by atoms with Crippen molar-refractivity contribution in [1.82, 2.24) is 0 Å². The van der Waals surface area contributed by atoms with Crippen LogP contribution in [0.25, 0.3) is 0 Å². The van der Waals surface area contributed by atoms with Gasteiger partial charge in [0.25, 0.3) is 0 Å². The van der Waals surface area contributed by atoms with Gasteiger partial charge in [0.15, 0.2) is 11.5 Å². The fourth-order valence-electron chi connectivity index (χ4n) is 2.12. The third-order valence-corrected chi connectivity index (χ3v) is 3.33. The van der Waals surface area contributed by atoms with Gasteiger partial charge in [0.1, 0.15) is 11.3 Å². The lowest BCUT2D eigenvalue weighted by atomic mass is 10.1. The van der Waals surface area contributed by atoms with Crippen molar-refractivity contribution < 1.29 is 28.5 Å². The van der Waals surface area contributed by atoms with E-state index in [1.807, 2.05) is 0 Å². The highest BCUT2D eigenvalue weighted by molar-refractivity contribution is 5.95. The van der Waals surface area contributed by atoms with E-state index >= 15 is 0 Å². The van der Waals surface area contributed by atoms with E-state index in [2.05, 4.69) is 4.74 Å². The Morgan fingerprint density at radius 2 is 1.62 bits per heavy atom. The molecule has 126 valence electrons. The summed E-state index contributed by atoms with van der Waals surface area (Å²) in [5, 5.41) is 0. The predicted molar refractivity (Wildman–Crippen MR) is 86.7 cm³/mol. The Hall–Kier alpha value is -3.02. The molecule has 6 heteroatoms. The van der Waals surface area contributed by atoms with Crippen molar-refractivity contribution in [1.29, 1.82) is 0 Å². The van der Waals surface area contributed by atoms with Crippen molar-refractivity contribution in [3.63, 3.8) is 0 Å². The van der Waals surface area contributed by atoms with Crippen LogP contribution in [0.1, 0.15) is 15.9 Å². The monoisotopic (exact) mass is 330 g/mol. The summed E-state index contributed by atoms with van der Waals surface area (Å²) in [6.45, 7) is 0. The number of carbonyl (C=O) groups is 2. The minimum Gasteiger partial charge on any atom is -0.493 e. The van der Waals surface area contributed by atoms with E-state index in [-0.39, 0.29) is 18.0 Å². The Bertz CT molecular complexity index is 721. The molecule has 0 unspecified atom stereocenters. The largest absolute Gasteiger partial charge is 0.493 e. The summed E-state index contributed by atoms with van der Waals surface area (Å²) in [4.78, 5) is 23.6. The van der Waals surface area contributed by atoms with Gasteiger partial charge >= 0.3 is 11.9 Å². The third-order valence-electron chi connectivity index (χ3n) is 3.33. The van der Waals surface area contributed by atoms with Crippen LogP contribution in [0.2, 0.25) is 0 Å². The van der Waals surface area contributed by atoms with Gasteiger partial charge in [0, 0.05) is 0 Å². The number of esters is 2. The van der Waals surface area contributed by atoms with Crippen LogP contribution in [0.15, 0.2) is 42.5 Å². The number of carbonyl (C=O) groups excluding carboxylic acids is 2. The molecule has 0 spiro atoms. The van der Waals surface area contributed by atoms with E-state index in [0.29, 0.717) is 17.2 Å². The molecule has 0 aliphatic carbocycles. The zero-order valence-electron chi connectivity index (χ0n) is 13.7. The summed E-state index contributed by atoms with van der Waals surface area (Å²) in [5.41, 5.74) is 1.02. The molecule has 0 fully saturated rings.